The molecule has 2 bridgehead atoms. The third kappa shape index (κ3) is 4.06. The second-order valence-corrected chi connectivity index (χ2v) is 12.9. The van der Waals surface area contributed by atoms with Crippen molar-refractivity contribution in [1.29, 1.82) is 0 Å². The van der Waals surface area contributed by atoms with E-state index in [0.29, 0.717) is 38.0 Å². The summed E-state index contributed by atoms with van der Waals surface area (Å²) in [6, 6.07) is 9.37. The first-order valence-electron chi connectivity index (χ1n) is 14.8. The fourth-order valence-corrected chi connectivity index (χ4v) is 8.26. The van der Waals surface area contributed by atoms with Gasteiger partial charge in [0, 0.05) is 30.5 Å². The number of ether oxygens (including phenoxy) is 2. The molecule has 4 aliphatic rings. The number of phenolic OH excluding ortho intramolecular Hbond substituents is 1. The molecule has 1 saturated heterocycles. The molecule has 2 fully saturated rings. The van der Waals surface area contributed by atoms with Crippen LogP contribution in [0, 0.1) is 31.6 Å². The number of nitrogens with zero attached hydrogens (tertiary/aromatic N) is 2. The number of likely N-dealkylation sites (N-methyl/N-ethyl adjacent to an activating group) is 1. The highest BCUT2D eigenvalue weighted by molar-refractivity contribution is 5.94. The van der Waals surface area contributed by atoms with Crippen LogP contribution >= 0.6 is 0 Å². The van der Waals surface area contributed by atoms with E-state index >= 15 is 0 Å². The van der Waals surface area contributed by atoms with Crippen molar-refractivity contribution in [3.05, 3.63) is 58.1 Å². The molecule has 1 amide bonds. The van der Waals surface area contributed by atoms with E-state index in [1.807, 2.05) is 36.1 Å². The number of carbonyl (C=O) groups is 2. The quantitative estimate of drug-likeness (QED) is 0.448. The fraction of sp³-hybridized carbons (Fsp3) is 0.529. The highest BCUT2D eigenvalue weighted by Crippen LogP contribution is 2.67. The van der Waals surface area contributed by atoms with E-state index in [1.165, 1.54) is 12.5 Å². The molecule has 2 aromatic rings. The lowest BCUT2D eigenvalue weighted by Gasteiger charge is -2.65. The monoisotopic (exact) mass is 556 g/mol. The van der Waals surface area contributed by atoms with Gasteiger partial charge in [-0.25, -0.2) is 0 Å². The molecule has 0 unspecified atom stereocenters. The molecular weight excluding hydrogens is 516 g/mol. The van der Waals surface area contributed by atoms with Crippen LogP contribution in [0.4, 0.5) is 0 Å². The second kappa shape index (κ2) is 9.80. The van der Waals surface area contributed by atoms with Crippen LogP contribution in [0.2, 0.25) is 0 Å². The number of benzene rings is 2. The smallest absolute Gasteiger partial charge is 0.303 e. The summed E-state index contributed by atoms with van der Waals surface area (Å²) in [6.07, 6.45) is 2.16. The van der Waals surface area contributed by atoms with Crippen LogP contribution in [0.1, 0.15) is 67.9 Å². The van der Waals surface area contributed by atoms with Gasteiger partial charge in [-0.3, -0.25) is 14.5 Å². The Hall–Kier alpha value is -3.50. The zero-order chi connectivity index (χ0) is 29.3. The highest BCUT2D eigenvalue weighted by Gasteiger charge is 2.75. The van der Waals surface area contributed by atoms with Crippen molar-refractivity contribution < 1.29 is 24.2 Å². The van der Waals surface area contributed by atoms with Gasteiger partial charge in [-0.2, -0.15) is 0 Å². The molecular formula is C34H40N2O5. The average molecular weight is 557 g/mol. The molecule has 6 rings (SSSR count). The van der Waals surface area contributed by atoms with E-state index < -0.39 is 17.1 Å². The predicted molar refractivity (Wildman–Crippen MR) is 156 cm³/mol. The van der Waals surface area contributed by atoms with Crippen LogP contribution in [-0.2, 0) is 26.2 Å². The van der Waals surface area contributed by atoms with Gasteiger partial charge in [0.1, 0.15) is 11.7 Å². The van der Waals surface area contributed by atoms with Crippen LogP contribution in [0.5, 0.6) is 11.5 Å². The Morgan fingerprint density at radius 1 is 1.20 bits per heavy atom. The van der Waals surface area contributed by atoms with Crippen LogP contribution in [0.3, 0.4) is 0 Å². The second-order valence-electron chi connectivity index (χ2n) is 12.9. The van der Waals surface area contributed by atoms with Crippen LogP contribution in [0.25, 0.3) is 0 Å². The molecule has 5 atom stereocenters. The standard InChI is InChI=1S/C34H40N2O5/c1-20(2)19-36(29(39)12-9-24-8-7-21(3)22(4)17-24)26-13-14-34(41-23(5)37)28-18-25-10-11-27(38)31-30(25)33(34,32(26)40-31)15-16-35(28)6/h7-8,10-11,17,20,26,28,32,38H,13-16,18-19H2,1-6H3/t26-,28+,32-,33-,34+/m0/s1. The van der Waals surface area contributed by atoms with Gasteiger partial charge in [0.05, 0.1) is 17.5 Å². The molecule has 7 heteroatoms. The van der Waals surface area contributed by atoms with Gasteiger partial charge in [-0.1, -0.05) is 31.9 Å². The van der Waals surface area contributed by atoms with Gasteiger partial charge in [-0.05, 0) is 93.9 Å². The van der Waals surface area contributed by atoms with Crippen molar-refractivity contribution in [3.63, 3.8) is 0 Å². The molecule has 2 heterocycles. The summed E-state index contributed by atoms with van der Waals surface area (Å²) in [5.41, 5.74) is 3.75. The van der Waals surface area contributed by atoms with Crippen molar-refractivity contribution in [3.8, 4) is 23.3 Å². The summed E-state index contributed by atoms with van der Waals surface area (Å²) in [7, 11) is 2.10. The molecule has 7 nitrogen and oxygen atoms in total. The normalized spacial score (nSPS) is 29.2. The van der Waals surface area contributed by atoms with Crippen LogP contribution < -0.4 is 4.74 Å². The first-order valence-corrected chi connectivity index (χ1v) is 14.8. The van der Waals surface area contributed by atoms with E-state index in [-0.39, 0.29) is 35.6 Å². The Bertz CT molecular complexity index is 1490. The Morgan fingerprint density at radius 3 is 2.68 bits per heavy atom. The predicted octanol–water partition coefficient (Wildman–Crippen LogP) is 4.27. The van der Waals surface area contributed by atoms with Crippen LogP contribution in [0.15, 0.2) is 30.3 Å². The first kappa shape index (κ1) is 27.7. The van der Waals surface area contributed by atoms with Gasteiger partial charge < -0.3 is 19.5 Å². The molecule has 0 radical (unpaired) electrons. The molecule has 1 saturated carbocycles. The van der Waals surface area contributed by atoms with Gasteiger partial charge in [-0.15, -0.1) is 0 Å². The minimum absolute atomic E-state index is 0.0194. The first-order chi connectivity index (χ1) is 19.5. The van der Waals surface area contributed by atoms with E-state index in [4.69, 9.17) is 9.47 Å². The van der Waals surface area contributed by atoms with E-state index in [2.05, 4.69) is 44.6 Å². The van der Waals surface area contributed by atoms with Crippen molar-refractivity contribution in [2.24, 2.45) is 5.92 Å². The maximum Gasteiger partial charge on any atom is 0.303 e. The Kier molecular flexibility index (Phi) is 6.61. The summed E-state index contributed by atoms with van der Waals surface area (Å²) in [4.78, 5) is 30.8. The lowest BCUT2D eigenvalue weighted by Crippen LogP contribution is -2.79. The number of carbonyl (C=O) groups excluding carboxylic acids is 2. The largest absolute Gasteiger partial charge is 0.504 e. The summed E-state index contributed by atoms with van der Waals surface area (Å²) in [5.74, 6) is 6.29. The maximum absolute atomic E-state index is 13.9. The van der Waals surface area contributed by atoms with E-state index in [1.54, 1.807) is 6.07 Å². The Labute approximate surface area is 242 Å². The average Bonchev–Trinajstić information content (AvgIpc) is 3.27. The lowest BCUT2D eigenvalue weighted by atomic mass is 9.48. The number of aromatic hydroxyl groups is 1. The number of phenols is 1. The number of aryl methyl sites for hydroxylation is 2. The van der Waals surface area contributed by atoms with Crippen LogP contribution in [-0.4, -0.2) is 70.7 Å². The number of piperidine rings is 1. The molecule has 1 N–H and O–H groups in total. The van der Waals surface area contributed by atoms with Crippen molar-refractivity contribution in [2.45, 2.75) is 89.5 Å². The van der Waals surface area contributed by atoms with Gasteiger partial charge in [0.2, 0.25) is 0 Å². The van der Waals surface area contributed by atoms with Gasteiger partial charge >= 0.3 is 5.97 Å². The molecule has 2 aliphatic carbocycles. The summed E-state index contributed by atoms with van der Waals surface area (Å²) < 4.78 is 13.2. The zero-order valence-electron chi connectivity index (χ0n) is 24.9. The SMILES string of the molecule is CC(=O)O[C@@]12CC[C@H](N(CC(C)C)C(=O)C#Cc3ccc(C)c(C)c3)[C@@H]3Oc4c(O)ccc5c4[C@@]31CCN(C)[C@@H]2C5. The molecule has 0 aromatic heterocycles. The number of esters is 1. The third-order valence-corrected chi connectivity index (χ3v) is 10.0. The number of likely N-dealkylation sites (tertiary alicyclic amines) is 1. The highest BCUT2D eigenvalue weighted by atomic mass is 16.6. The lowest BCUT2D eigenvalue weighted by molar-refractivity contribution is -0.221. The van der Waals surface area contributed by atoms with Gasteiger partial charge in [0.25, 0.3) is 5.91 Å². The maximum atomic E-state index is 13.9. The van der Waals surface area contributed by atoms with Gasteiger partial charge in [0.15, 0.2) is 11.5 Å². The topological polar surface area (TPSA) is 79.3 Å². The van der Waals surface area contributed by atoms with Crippen molar-refractivity contribution >= 4 is 11.9 Å². The number of hydrogen-bond acceptors (Lipinski definition) is 6. The minimum Gasteiger partial charge on any atom is -0.504 e. The molecule has 1 spiro atoms. The Balaban J connectivity index is 1.46. The zero-order valence-corrected chi connectivity index (χ0v) is 24.9. The van der Waals surface area contributed by atoms with E-state index in [0.717, 1.165) is 28.8 Å². The molecule has 2 aromatic carbocycles. The number of hydrogen-bond donors (Lipinski definition) is 1. The molecule has 216 valence electrons. The Morgan fingerprint density at radius 2 is 1.98 bits per heavy atom. The summed E-state index contributed by atoms with van der Waals surface area (Å²) in [6.45, 7) is 11.1. The third-order valence-electron chi connectivity index (χ3n) is 10.0. The molecule has 2 aliphatic heterocycles. The van der Waals surface area contributed by atoms with Crippen molar-refractivity contribution in [1.82, 2.24) is 9.80 Å². The number of amides is 1. The van der Waals surface area contributed by atoms with E-state index in [9.17, 15) is 14.7 Å². The fourth-order valence-electron chi connectivity index (χ4n) is 8.26. The minimum atomic E-state index is -0.809. The molecule has 41 heavy (non-hydrogen) atoms. The summed E-state index contributed by atoms with van der Waals surface area (Å²) in [5, 5.41) is 11.0. The summed E-state index contributed by atoms with van der Waals surface area (Å²) >= 11 is 0. The van der Waals surface area contributed by atoms with Crippen molar-refractivity contribution in [2.75, 3.05) is 20.1 Å². The number of rotatable bonds is 4.